The second kappa shape index (κ2) is 8.55. The number of ether oxygens (including phenoxy) is 1. The van der Waals surface area contributed by atoms with Crippen molar-refractivity contribution in [3.05, 3.63) is 51.4 Å². The molecule has 1 aromatic carbocycles. The third kappa shape index (κ3) is 3.96. The van der Waals surface area contributed by atoms with Crippen LogP contribution < -0.4 is 5.73 Å². The number of nitrogen functional groups attached to an aromatic ring is 1. The fourth-order valence-corrected chi connectivity index (χ4v) is 4.57. The molecule has 10 heteroatoms. The monoisotopic (exact) mass is 445 g/mol. The molecule has 30 heavy (non-hydrogen) atoms. The predicted octanol–water partition coefficient (Wildman–Crippen LogP) is 2.43. The van der Waals surface area contributed by atoms with Crippen molar-refractivity contribution in [2.75, 3.05) is 32.5 Å². The van der Waals surface area contributed by atoms with Crippen molar-refractivity contribution in [1.29, 1.82) is 0 Å². The number of hydrogen-bond acceptors (Lipinski definition) is 7. The molecule has 0 aliphatic carbocycles. The number of thiophene rings is 1. The summed E-state index contributed by atoms with van der Waals surface area (Å²) in [6.45, 7) is 1.37. The second-order valence-corrected chi connectivity index (χ2v) is 8.66. The van der Waals surface area contributed by atoms with Crippen LogP contribution in [0, 0.1) is 0 Å². The van der Waals surface area contributed by atoms with Gasteiger partial charge in [0.2, 0.25) is 5.91 Å². The number of methoxy groups -OCH3 is 1. The normalized spacial score (nSPS) is 17.0. The lowest BCUT2D eigenvalue weighted by Crippen LogP contribution is -2.59. The lowest BCUT2D eigenvalue weighted by molar-refractivity contribution is -0.143. The van der Waals surface area contributed by atoms with Gasteiger partial charge >= 0.3 is 0 Å². The predicted molar refractivity (Wildman–Crippen MR) is 115 cm³/mol. The second-order valence-electron chi connectivity index (χ2n) is 6.94. The average Bonchev–Trinajstić information content (AvgIpc) is 3.17. The maximum atomic E-state index is 13.2. The molecule has 1 unspecified atom stereocenters. The Labute approximate surface area is 182 Å². The number of nitrogens with zero attached hydrogens (tertiary/aromatic N) is 4. The van der Waals surface area contributed by atoms with Gasteiger partial charge in [-0.2, -0.15) is 0 Å². The maximum Gasteiger partial charge on any atom is 0.264 e. The number of amides is 2. The summed E-state index contributed by atoms with van der Waals surface area (Å²) in [6, 6.07) is 8.34. The summed E-state index contributed by atoms with van der Waals surface area (Å²) >= 11 is 7.17. The van der Waals surface area contributed by atoms with E-state index in [1.54, 1.807) is 21.9 Å². The number of rotatable bonds is 5. The van der Waals surface area contributed by atoms with Crippen molar-refractivity contribution >= 4 is 51.5 Å². The molecular formula is C20H20ClN5O3S. The van der Waals surface area contributed by atoms with Crippen molar-refractivity contribution < 1.29 is 14.3 Å². The smallest absolute Gasteiger partial charge is 0.264 e. The Bertz CT molecular complexity index is 1100. The lowest BCUT2D eigenvalue weighted by Gasteiger charge is -2.40. The number of piperazine rings is 1. The molecule has 2 amide bonds. The van der Waals surface area contributed by atoms with E-state index in [1.165, 1.54) is 24.8 Å². The van der Waals surface area contributed by atoms with Crippen LogP contribution >= 0.6 is 22.9 Å². The third-order valence-electron chi connectivity index (χ3n) is 5.06. The summed E-state index contributed by atoms with van der Waals surface area (Å²) in [5.41, 5.74) is 7.53. The number of hydrogen-bond donors (Lipinski definition) is 1. The Morgan fingerprint density at radius 3 is 2.87 bits per heavy atom. The summed E-state index contributed by atoms with van der Waals surface area (Å²) in [4.78, 5) is 38.1. The van der Waals surface area contributed by atoms with E-state index in [9.17, 15) is 9.59 Å². The first kappa shape index (κ1) is 20.5. The van der Waals surface area contributed by atoms with Crippen molar-refractivity contribution in [3.8, 4) is 0 Å². The topological polar surface area (TPSA) is 102 Å². The minimum atomic E-state index is -0.685. The number of carbonyl (C=O) groups excluding carboxylic acids is 2. The summed E-state index contributed by atoms with van der Waals surface area (Å²) in [5.74, 6) is 0.0600. The fraction of sp³-hybridized carbons (Fsp3) is 0.300. The van der Waals surface area contributed by atoms with E-state index in [2.05, 4.69) is 9.97 Å². The van der Waals surface area contributed by atoms with E-state index >= 15 is 0 Å². The largest absolute Gasteiger partial charge is 0.383 e. The SMILES string of the molecule is COCC1C(=O)N(Cc2ccc3c(N)ncnc3c2)CCN1C(=O)c1ccc(Cl)s1. The Morgan fingerprint density at radius 1 is 1.30 bits per heavy atom. The zero-order valence-electron chi connectivity index (χ0n) is 16.2. The van der Waals surface area contributed by atoms with Crippen LogP contribution in [-0.2, 0) is 16.1 Å². The van der Waals surface area contributed by atoms with E-state index in [0.29, 0.717) is 34.7 Å². The molecule has 2 aromatic heterocycles. The number of aromatic nitrogens is 2. The summed E-state index contributed by atoms with van der Waals surface area (Å²) < 4.78 is 5.78. The highest BCUT2D eigenvalue weighted by molar-refractivity contribution is 7.18. The Kier molecular flexibility index (Phi) is 5.85. The molecule has 156 valence electrons. The van der Waals surface area contributed by atoms with Crippen LogP contribution in [0.4, 0.5) is 5.82 Å². The van der Waals surface area contributed by atoms with Gasteiger partial charge in [-0.1, -0.05) is 17.7 Å². The number of carbonyl (C=O) groups is 2. The molecule has 1 saturated heterocycles. The van der Waals surface area contributed by atoms with Crippen LogP contribution in [0.2, 0.25) is 4.34 Å². The third-order valence-corrected chi connectivity index (χ3v) is 6.28. The first-order chi connectivity index (χ1) is 14.5. The summed E-state index contributed by atoms with van der Waals surface area (Å²) in [5, 5.41) is 0.773. The molecule has 2 N–H and O–H groups in total. The van der Waals surface area contributed by atoms with Crippen LogP contribution in [0.5, 0.6) is 0 Å². The first-order valence-corrected chi connectivity index (χ1v) is 10.5. The van der Waals surface area contributed by atoms with Crippen LogP contribution in [-0.4, -0.2) is 64.4 Å². The fourth-order valence-electron chi connectivity index (χ4n) is 3.57. The molecule has 1 atom stereocenters. The molecule has 3 aromatic rings. The molecule has 1 aliphatic rings. The van der Waals surface area contributed by atoms with Gasteiger partial charge in [-0.15, -0.1) is 11.3 Å². The summed E-state index contributed by atoms with van der Waals surface area (Å²) in [6.07, 6.45) is 1.42. The number of nitrogens with two attached hydrogens (primary N) is 1. The van der Waals surface area contributed by atoms with Crippen LogP contribution in [0.25, 0.3) is 10.9 Å². The van der Waals surface area contributed by atoms with Gasteiger partial charge in [0.15, 0.2) is 0 Å². The Morgan fingerprint density at radius 2 is 2.13 bits per heavy atom. The molecule has 0 radical (unpaired) electrons. The van der Waals surface area contributed by atoms with Crippen molar-refractivity contribution in [3.63, 3.8) is 0 Å². The van der Waals surface area contributed by atoms with Gasteiger partial charge in [-0.25, -0.2) is 9.97 Å². The summed E-state index contributed by atoms with van der Waals surface area (Å²) in [7, 11) is 1.52. The minimum Gasteiger partial charge on any atom is -0.383 e. The lowest BCUT2D eigenvalue weighted by atomic mass is 10.1. The van der Waals surface area contributed by atoms with Gasteiger partial charge in [-0.3, -0.25) is 9.59 Å². The highest BCUT2D eigenvalue weighted by Crippen LogP contribution is 2.26. The average molecular weight is 446 g/mol. The molecule has 0 spiro atoms. The van der Waals surface area contributed by atoms with Gasteiger partial charge in [0.05, 0.1) is 21.3 Å². The van der Waals surface area contributed by atoms with Gasteiger partial charge in [0.1, 0.15) is 18.2 Å². The van der Waals surface area contributed by atoms with Gasteiger partial charge in [0, 0.05) is 32.1 Å². The standard InChI is InChI=1S/C20H20ClN5O3S/c1-29-10-15-19(27)25(6-7-26(15)20(28)16-4-5-17(21)30-16)9-12-2-3-13-14(8-12)23-11-24-18(13)22/h2-5,8,11,15H,6-7,9-10H2,1H3,(H2,22,23,24). The molecule has 3 heterocycles. The zero-order chi connectivity index (χ0) is 21.3. The molecule has 1 aliphatic heterocycles. The highest BCUT2D eigenvalue weighted by atomic mass is 35.5. The number of fused-ring (bicyclic) bond motifs is 1. The van der Waals surface area contributed by atoms with Crippen LogP contribution in [0.1, 0.15) is 15.2 Å². The highest BCUT2D eigenvalue weighted by Gasteiger charge is 2.38. The van der Waals surface area contributed by atoms with E-state index in [4.69, 9.17) is 22.1 Å². The van der Waals surface area contributed by atoms with E-state index < -0.39 is 6.04 Å². The quantitative estimate of drug-likeness (QED) is 0.647. The van der Waals surface area contributed by atoms with E-state index in [1.807, 2.05) is 18.2 Å². The van der Waals surface area contributed by atoms with Gasteiger partial charge < -0.3 is 20.3 Å². The number of halogens is 1. The van der Waals surface area contributed by atoms with Gasteiger partial charge in [0.25, 0.3) is 5.91 Å². The Balaban J connectivity index is 1.54. The van der Waals surface area contributed by atoms with Crippen LogP contribution in [0.15, 0.2) is 36.7 Å². The number of anilines is 1. The molecule has 0 bridgehead atoms. The molecule has 8 nitrogen and oxygen atoms in total. The minimum absolute atomic E-state index is 0.127. The van der Waals surface area contributed by atoms with Crippen molar-refractivity contribution in [1.82, 2.24) is 19.8 Å². The van der Waals surface area contributed by atoms with Gasteiger partial charge in [-0.05, 0) is 29.8 Å². The van der Waals surface area contributed by atoms with E-state index in [-0.39, 0.29) is 18.4 Å². The molecule has 0 saturated carbocycles. The first-order valence-electron chi connectivity index (χ1n) is 9.31. The molecule has 1 fully saturated rings. The maximum absolute atomic E-state index is 13.2. The Hall–Kier alpha value is -2.75. The van der Waals surface area contributed by atoms with Crippen LogP contribution in [0.3, 0.4) is 0 Å². The zero-order valence-corrected chi connectivity index (χ0v) is 17.8. The van der Waals surface area contributed by atoms with E-state index in [0.717, 1.165) is 16.5 Å². The number of benzene rings is 1. The molecule has 4 rings (SSSR count). The van der Waals surface area contributed by atoms with Crippen molar-refractivity contribution in [2.45, 2.75) is 12.6 Å². The molecular weight excluding hydrogens is 426 g/mol. The van der Waals surface area contributed by atoms with Crippen molar-refractivity contribution in [2.24, 2.45) is 0 Å².